The summed E-state index contributed by atoms with van der Waals surface area (Å²) in [7, 11) is -2.19. The van der Waals surface area contributed by atoms with E-state index < -0.39 is 15.9 Å². The summed E-state index contributed by atoms with van der Waals surface area (Å²) in [6.45, 7) is 1.70. The molecule has 0 spiro atoms. The quantitative estimate of drug-likeness (QED) is 0.534. The number of rotatable bonds is 8. The van der Waals surface area contributed by atoms with E-state index in [-0.39, 0.29) is 29.7 Å². The van der Waals surface area contributed by atoms with Gasteiger partial charge in [-0.25, -0.2) is 17.5 Å². The minimum atomic E-state index is -3.79. The smallest absolute Gasteiger partial charge is 0.243 e. The van der Waals surface area contributed by atoms with Crippen LogP contribution in [0.3, 0.4) is 0 Å². The maximum Gasteiger partial charge on any atom is 0.243 e. The molecule has 0 radical (unpaired) electrons. The van der Waals surface area contributed by atoms with Gasteiger partial charge < -0.3 is 10.1 Å². The van der Waals surface area contributed by atoms with Crippen molar-refractivity contribution in [3.63, 3.8) is 0 Å². The minimum Gasteiger partial charge on any atom is -0.383 e. The third-order valence-corrected chi connectivity index (χ3v) is 7.63. The number of benzene rings is 2. The highest BCUT2D eigenvalue weighted by Crippen LogP contribution is 2.26. The number of fused-ring (bicyclic) bond motifs is 1. The van der Waals surface area contributed by atoms with Crippen molar-refractivity contribution in [2.75, 3.05) is 26.8 Å². The van der Waals surface area contributed by atoms with Gasteiger partial charge in [0.05, 0.1) is 29.5 Å². The summed E-state index contributed by atoms with van der Waals surface area (Å²) < 4.78 is 47.7. The molecule has 11 heteroatoms. The van der Waals surface area contributed by atoms with Gasteiger partial charge in [0.15, 0.2) is 0 Å². The Balaban J connectivity index is 1.44. The van der Waals surface area contributed by atoms with Crippen LogP contribution < -0.4 is 5.32 Å². The Labute approximate surface area is 191 Å². The summed E-state index contributed by atoms with van der Waals surface area (Å²) in [6.07, 6.45) is 1.19. The molecule has 0 aliphatic carbocycles. The summed E-state index contributed by atoms with van der Waals surface area (Å²) >= 11 is 0. The van der Waals surface area contributed by atoms with E-state index in [0.717, 1.165) is 11.1 Å². The largest absolute Gasteiger partial charge is 0.383 e. The maximum atomic E-state index is 13.3. The number of ether oxygens (including phenoxy) is 1. The van der Waals surface area contributed by atoms with Crippen molar-refractivity contribution in [2.45, 2.75) is 30.8 Å². The number of sulfonamides is 1. The molecule has 4 rings (SSSR count). The Hall–Kier alpha value is -2.89. The molecule has 176 valence electrons. The molecule has 1 fully saturated rings. The summed E-state index contributed by atoms with van der Waals surface area (Å²) in [5.74, 6) is -1.00. The van der Waals surface area contributed by atoms with Crippen molar-refractivity contribution in [1.29, 1.82) is 0 Å². The van der Waals surface area contributed by atoms with Crippen LogP contribution in [-0.4, -0.2) is 60.4 Å². The number of carbonyl (C=O) groups is 1. The molecular formula is C22H26FN5O4S. The zero-order valence-corrected chi connectivity index (χ0v) is 19.1. The van der Waals surface area contributed by atoms with Crippen LogP contribution >= 0.6 is 0 Å². The highest BCUT2D eigenvalue weighted by molar-refractivity contribution is 7.89. The highest BCUT2D eigenvalue weighted by Gasteiger charge is 2.33. The lowest BCUT2D eigenvalue weighted by atomic mass is 9.99. The van der Waals surface area contributed by atoms with E-state index >= 15 is 0 Å². The zero-order valence-electron chi connectivity index (χ0n) is 18.3. The van der Waals surface area contributed by atoms with Crippen molar-refractivity contribution in [3.8, 4) is 0 Å². The SMILES string of the molecule is COCCn1nnc2cc(S(=O)(=O)N3CCC[C@@H](C(=O)NCc4ccc(F)cc4)C3)ccc21. The van der Waals surface area contributed by atoms with E-state index in [1.54, 1.807) is 36.1 Å². The van der Waals surface area contributed by atoms with E-state index in [2.05, 4.69) is 15.6 Å². The van der Waals surface area contributed by atoms with E-state index in [1.165, 1.54) is 22.5 Å². The first-order valence-electron chi connectivity index (χ1n) is 10.7. The minimum absolute atomic E-state index is 0.107. The number of amides is 1. The van der Waals surface area contributed by atoms with Crippen LogP contribution in [0.1, 0.15) is 18.4 Å². The molecule has 3 aromatic rings. The molecule has 1 amide bonds. The number of carbonyl (C=O) groups excluding carboxylic acids is 1. The van der Waals surface area contributed by atoms with E-state index in [9.17, 15) is 17.6 Å². The number of hydrogen-bond donors (Lipinski definition) is 1. The summed E-state index contributed by atoms with van der Waals surface area (Å²) in [5, 5.41) is 11.0. The fraction of sp³-hybridized carbons (Fsp3) is 0.409. The molecule has 0 bridgehead atoms. The molecule has 1 aliphatic heterocycles. The van der Waals surface area contributed by atoms with Crippen LogP contribution in [0.25, 0.3) is 11.0 Å². The molecule has 0 unspecified atom stereocenters. The van der Waals surface area contributed by atoms with E-state index in [0.29, 0.717) is 38.1 Å². The molecule has 1 aromatic heterocycles. The first-order chi connectivity index (χ1) is 15.9. The highest BCUT2D eigenvalue weighted by atomic mass is 32.2. The van der Waals surface area contributed by atoms with E-state index in [4.69, 9.17) is 4.74 Å². The normalized spacial score (nSPS) is 17.3. The second-order valence-corrected chi connectivity index (χ2v) is 9.94. The summed E-state index contributed by atoms with van der Waals surface area (Å²) in [5.41, 5.74) is 1.98. The Morgan fingerprint density at radius 1 is 1.24 bits per heavy atom. The Morgan fingerprint density at radius 2 is 2.03 bits per heavy atom. The molecule has 1 N–H and O–H groups in total. The lowest BCUT2D eigenvalue weighted by molar-refractivity contribution is -0.126. The Kier molecular flexibility index (Phi) is 7.01. The van der Waals surface area contributed by atoms with Gasteiger partial charge in [0, 0.05) is 26.7 Å². The number of piperidine rings is 1. The van der Waals surface area contributed by atoms with Crippen molar-refractivity contribution >= 4 is 27.0 Å². The second-order valence-electron chi connectivity index (χ2n) is 8.00. The first kappa shape index (κ1) is 23.3. The summed E-state index contributed by atoms with van der Waals surface area (Å²) in [6, 6.07) is 10.6. The Bertz CT molecular complexity index is 1230. The third kappa shape index (κ3) is 5.21. The van der Waals surface area contributed by atoms with Gasteiger partial charge in [-0.15, -0.1) is 5.10 Å². The van der Waals surface area contributed by atoms with Gasteiger partial charge in [-0.1, -0.05) is 17.3 Å². The van der Waals surface area contributed by atoms with Crippen LogP contribution in [0.15, 0.2) is 47.4 Å². The fourth-order valence-corrected chi connectivity index (χ4v) is 5.46. The average Bonchev–Trinajstić information content (AvgIpc) is 3.24. The van der Waals surface area contributed by atoms with Crippen LogP contribution in [-0.2, 0) is 32.6 Å². The Morgan fingerprint density at radius 3 is 2.79 bits per heavy atom. The van der Waals surface area contributed by atoms with Crippen molar-refractivity contribution < 1.29 is 22.3 Å². The predicted molar refractivity (Wildman–Crippen MR) is 119 cm³/mol. The molecule has 1 atom stereocenters. The van der Waals surface area contributed by atoms with Gasteiger partial charge in [-0.2, -0.15) is 4.31 Å². The van der Waals surface area contributed by atoms with Crippen molar-refractivity contribution in [2.24, 2.45) is 5.92 Å². The van der Waals surface area contributed by atoms with Gasteiger partial charge in [0.2, 0.25) is 15.9 Å². The standard InChI is InChI=1S/C22H26FN5O4S/c1-32-12-11-28-21-9-8-19(13-20(21)25-26-28)33(30,31)27-10-2-3-17(15-27)22(29)24-14-16-4-6-18(23)7-5-16/h4-9,13,17H,2-3,10-12,14-15H2,1H3,(H,24,29)/t17-/m1/s1. The molecular weight excluding hydrogens is 449 g/mol. The number of methoxy groups -OCH3 is 1. The zero-order chi connectivity index (χ0) is 23.4. The molecule has 9 nitrogen and oxygen atoms in total. The van der Waals surface area contributed by atoms with Gasteiger partial charge >= 0.3 is 0 Å². The lowest BCUT2D eigenvalue weighted by Gasteiger charge is -2.31. The first-order valence-corrected chi connectivity index (χ1v) is 12.2. The molecule has 2 aromatic carbocycles. The molecule has 1 aliphatic rings. The van der Waals surface area contributed by atoms with Crippen LogP contribution in [0.4, 0.5) is 4.39 Å². The number of hydrogen-bond acceptors (Lipinski definition) is 6. The second kappa shape index (κ2) is 9.94. The number of nitrogens with one attached hydrogen (secondary N) is 1. The number of aromatic nitrogens is 3. The van der Waals surface area contributed by atoms with Gasteiger partial charge in [-0.3, -0.25) is 4.79 Å². The van der Waals surface area contributed by atoms with Gasteiger partial charge in [0.25, 0.3) is 0 Å². The van der Waals surface area contributed by atoms with Crippen molar-refractivity contribution in [3.05, 3.63) is 53.8 Å². The topological polar surface area (TPSA) is 106 Å². The van der Waals surface area contributed by atoms with Gasteiger partial charge in [0.1, 0.15) is 11.3 Å². The summed E-state index contributed by atoms with van der Waals surface area (Å²) in [4.78, 5) is 12.8. The third-order valence-electron chi connectivity index (χ3n) is 5.77. The average molecular weight is 476 g/mol. The fourth-order valence-electron chi connectivity index (χ4n) is 3.91. The molecule has 1 saturated heterocycles. The van der Waals surface area contributed by atoms with E-state index in [1.807, 2.05) is 0 Å². The maximum absolute atomic E-state index is 13.3. The van der Waals surface area contributed by atoms with Crippen LogP contribution in [0, 0.1) is 11.7 Å². The van der Waals surface area contributed by atoms with Crippen LogP contribution in [0.5, 0.6) is 0 Å². The lowest BCUT2D eigenvalue weighted by Crippen LogP contribution is -2.45. The number of nitrogens with zero attached hydrogens (tertiary/aromatic N) is 4. The monoisotopic (exact) mass is 475 g/mol. The molecule has 0 saturated carbocycles. The predicted octanol–water partition coefficient (Wildman–Crippen LogP) is 1.93. The van der Waals surface area contributed by atoms with Crippen molar-refractivity contribution in [1.82, 2.24) is 24.6 Å². The molecule has 33 heavy (non-hydrogen) atoms. The number of halogens is 1. The van der Waals surface area contributed by atoms with Crippen LogP contribution in [0.2, 0.25) is 0 Å². The van der Waals surface area contributed by atoms with Gasteiger partial charge in [-0.05, 0) is 48.7 Å². The molecule has 2 heterocycles.